The van der Waals surface area contributed by atoms with E-state index in [1.807, 2.05) is 23.8 Å². The summed E-state index contributed by atoms with van der Waals surface area (Å²) >= 11 is 1.54. The first kappa shape index (κ1) is 14.6. The molecule has 2 aliphatic rings. The van der Waals surface area contributed by atoms with E-state index in [0.717, 1.165) is 43.0 Å². The molecule has 1 saturated heterocycles. The van der Waals surface area contributed by atoms with E-state index in [2.05, 4.69) is 14.8 Å². The number of aromatic nitrogens is 3. The van der Waals surface area contributed by atoms with Gasteiger partial charge in [0.2, 0.25) is 11.8 Å². The minimum absolute atomic E-state index is 0.128. The number of thiophene rings is 1. The summed E-state index contributed by atoms with van der Waals surface area (Å²) in [4.78, 5) is 26.7. The van der Waals surface area contributed by atoms with Crippen molar-refractivity contribution in [2.45, 2.75) is 51.1 Å². The molecule has 6 nitrogen and oxygen atoms in total. The Labute approximate surface area is 138 Å². The zero-order valence-electron chi connectivity index (χ0n) is 13.0. The van der Waals surface area contributed by atoms with Crippen LogP contribution < -0.4 is 0 Å². The molecule has 1 fully saturated rings. The maximum atomic E-state index is 12.9. The second-order valence-electron chi connectivity index (χ2n) is 6.45. The van der Waals surface area contributed by atoms with Gasteiger partial charge in [0.1, 0.15) is 5.82 Å². The molecule has 2 amide bonds. The molecule has 2 aromatic heterocycles. The Morgan fingerprint density at radius 1 is 1.30 bits per heavy atom. The average molecular weight is 330 g/mol. The maximum absolute atomic E-state index is 12.9. The standard InChI is InChI=1S/C16H18N4O2S/c1-16(11-5-7-23-10-11)8-14(21)20(15(16)22)9-13-18-17-12-4-2-3-6-19(12)13/h5,7,10H,2-4,6,8-9H2,1H3/t16-/m0/s1. The summed E-state index contributed by atoms with van der Waals surface area (Å²) in [5, 5.41) is 12.3. The molecular formula is C16H18N4O2S. The molecule has 2 aliphatic heterocycles. The second kappa shape index (κ2) is 5.26. The lowest BCUT2D eigenvalue weighted by Gasteiger charge is -2.22. The van der Waals surface area contributed by atoms with Gasteiger partial charge in [-0.3, -0.25) is 14.5 Å². The van der Waals surface area contributed by atoms with Crippen LogP contribution in [0.1, 0.15) is 43.4 Å². The molecule has 0 bridgehead atoms. The molecule has 7 heteroatoms. The molecule has 0 radical (unpaired) electrons. The number of rotatable bonds is 3. The summed E-state index contributed by atoms with van der Waals surface area (Å²) in [6, 6.07) is 1.93. The third-order valence-electron chi connectivity index (χ3n) is 4.92. The van der Waals surface area contributed by atoms with Gasteiger partial charge in [-0.1, -0.05) is 0 Å². The van der Waals surface area contributed by atoms with Crippen LogP contribution in [0.4, 0.5) is 0 Å². The highest BCUT2D eigenvalue weighted by molar-refractivity contribution is 7.08. The molecule has 4 heterocycles. The molecular weight excluding hydrogens is 312 g/mol. The number of nitrogens with zero attached hydrogens (tertiary/aromatic N) is 4. The quantitative estimate of drug-likeness (QED) is 0.806. The van der Waals surface area contributed by atoms with Crippen LogP contribution in [0.25, 0.3) is 0 Å². The van der Waals surface area contributed by atoms with Gasteiger partial charge in [0.15, 0.2) is 5.82 Å². The Hall–Kier alpha value is -2.02. The van der Waals surface area contributed by atoms with E-state index >= 15 is 0 Å². The topological polar surface area (TPSA) is 68.1 Å². The van der Waals surface area contributed by atoms with Gasteiger partial charge in [-0.15, -0.1) is 10.2 Å². The zero-order valence-corrected chi connectivity index (χ0v) is 13.8. The van der Waals surface area contributed by atoms with Crippen molar-refractivity contribution in [3.8, 4) is 0 Å². The van der Waals surface area contributed by atoms with E-state index in [1.165, 1.54) is 4.90 Å². The van der Waals surface area contributed by atoms with Gasteiger partial charge >= 0.3 is 0 Å². The first-order valence-electron chi connectivity index (χ1n) is 7.88. The number of hydrogen-bond acceptors (Lipinski definition) is 5. The van der Waals surface area contributed by atoms with Gasteiger partial charge in [-0.05, 0) is 42.2 Å². The molecule has 1 atom stereocenters. The van der Waals surface area contributed by atoms with Gasteiger partial charge in [0.25, 0.3) is 0 Å². The SMILES string of the molecule is C[C@@]1(c2ccsc2)CC(=O)N(Cc2nnc3n2CCCC3)C1=O. The van der Waals surface area contributed by atoms with Gasteiger partial charge < -0.3 is 4.57 Å². The number of carbonyl (C=O) groups is 2. The van der Waals surface area contributed by atoms with Gasteiger partial charge in [-0.25, -0.2) is 0 Å². The maximum Gasteiger partial charge on any atom is 0.240 e. The third-order valence-corrected chi connectivity index (χ3v) is 5.60. The Bertz CT molecular complexity index is 767. The van der Waals surface area contributed by atoms with Crippen molar-refractivity contribution in [2.24, 2.45) is 0 Å². The van der Waals surface area contributed by atoms with E-state index in [-0.39, 0.29) is 24.8 Å². The normalized spacial score (nSPS) is 24.3. The smallest absolute Gasteiger partial charge is 0.240 e. The molecule has 23 heavy (non-hydrogen) atoms. The molecule has 4 rings (SSSR count). The molecule has 0 spiro atoms. The van der Waals surface area contributed by atoms with Crippen molar-refractivity contribution in [1.82, 2.24) is 19.7 Å². The number of likely N-dealkylation sites (tertiary alicyclic amines) is 1. The predicted octanol–water partition coefficient (Wildman–Crippen LogP) is 1.89. The fourth-order valence-corrected chi connectivity index (χ4v) is 4.26. The number of fused-ring (bicyclic) bond motifs is 1. The van der Waals surface area contributed by atoms with Crippen LogP contribution in [-0.2, 0) is 34.5 Å². The molecule has 0 saturated carbocycles. The van der Waals surface area contributed by atoms with Gasteiger partial charge in [-0.2, -0.15) is 11.3 Å². The number of hydrogen-bond donors (Lipinski definition) is 0. The van der Waals surface area contributed by atoms with Crippen LogP contribution in [0.2, 0.25) is 0 Å². The van der Waals surface area contributed by atoms with Crippen molar-refractivity contribution in [3.63, 3.8) is 0 Å². The average Bonchev–Trinajstić information content (AvgIpc) is 3.25. The lowest BCUT2D eigenvalue weighted by Crippen LogP contribution is -2.36. The van der Waals surface area contributed by atoms with Gasteiger partial charge in [0, 0.05) is 19.4 Å². The highest BCUT2D eigenvalue weighted by atomic mass is 32.1. The van der Waals surface area contributed by atoms with Crippen LogP contribution in [0.15, 0.2) is 16.8 Å². The van der Waals surface area contributed by atoms with Gasteiger partial charge in [0.05, 0.1) is 12.0 Å². The van der Waals surface area contributed by atoms with Crippen molar-refractivity contribution >= 4 is 23.2 Å². The minimum atomic E-state index is -0.748. The monoisotopic (exact) mass is 330 g/mol. The van der Waals surface area contributed by atoms with E-state index in [9.17, 15) is 9.59 Å². The van der Waals surface area contributed by atoms with E-state index in [1.54, 1.807) is 11.3 Å². The molecule has 2 aromatic rings. The third kappa shape index (κ3) is 2.22. The molecule has 0 aliphatic carbocycles. The summed E-state index contributed by atoms with van der Waals surface area (Å²) in [7, 11) is 0. The Morgan fingerprint density at radius 3 is 2.96 bits per heavy atom. The number of aryl methyl sites for hydroxylation is 1. The van der Waals surface area contributed by atoms with Crippen molar-refractivity contribution in [1.29, 1.82) is 0 Å². The van der Waals surface area contributed by atoms with Crippen molar-refractivity contribution in [3.05, 3.63) is 34.0 Å². The van der Waals surface area contributed by atoms with Crippen LogP contribution in [0, 0.1) is 0 Å². The minimum Gasteiger partial charge on any atom is -0.313 e. The number of imide groups is 1. The summed E-state index contributed by atoms with van der Waals surface area (Å²) in [6.07, 6.45) is 3.35. The molecule has 120 valence electrons. The predicted molar refractivity (Wildman–Crippen MR) is 84.8 cm³/mol. The highest BCUT2D eigenvalue weighted by Crippen LogP contribution is 2.37. The second-order valence-corrected chi connectivity index (χ2v) is 7.23. The summed E-state index contributed by atoms with van der Waals surface area (Å²) in [6.45, 7) is 2.95. The number of carbonyl (C=O) groups excluding carboxylic acids is 2. The Morgan fingerprint density at radius 2 is 2.17 bits per heavy atom. The fourth-order valence-electron chi connectivity index (χ4n) is 3.48. The fraction of sp³-hybridized carbons (Fsp3) is 0.500. The molecule has 0 aromatic carbocycles. The van der Waals surface area contributed by atoms with Crippen LogP contribution in [-0.4, -0.2) is 31.5 Å². The number of amides is 2. The van der Waals surface area contributed by atoms with Crippen LogP contribution in [0.5, 0.6) is 0 Å². The first-order valence-corrected chi connectivity index (χ1v) is 8.82. The van der Waals surface area contributed by atoms with Crippen LogP contribution in [0.3, 0.4) is 0 Å². The van der Waals surface area contributed by atoms with Crippen LogP contribution >= 0.6 is 11.3 Å². The lowest BCUT2D eigenvalue weighted by molar-refractivity contribution is -0.140. The Balaban J connectivity index is 1.62. The lowest BCUT2D eigenvalue weighted by atomic mass is 9.83. The summed E-state index contributed by atoms with van der Waals surface area (Å²) in [5.74, 6) is 1.42. The van der Waals surface area contributed by atoms with E-state index in [4.69, 9.17) is 0 Å². The zero-order chi connectivity index (χ0) is 16.0. The van der Waals surface area contributed by atoms with E-state index < -0.39 is 5.41 Å². The summed E-state index contributed by atoms with van der Waals surface area (Å²) < 4.78 is 2.06. The van der Waals surface area contributed by atoms with E-state index in [0.29, 0.717) is 0 Å². The molecule has 0 N–H and O–H groups in total. The highest BCUT2D eigenvalue weighted by Gasteiger charge is 2.49. The summed E-state index contributed by atoms with van der Waals surface area (Å²) in [5.41, 5.74) is 0.175. The Kier molecular flexibility index (Phi) is 3.33. The van der Waals surface area contributed by atoms with Crippen molar-refractivity contribution in [2.75, 3.05) is 0 Å². The first-order chi connectivity index (χ1) is 11.1. The van der Waals surface area contributed by atoms with Crippen molar-refractivity contribution < 1.29 is 9.59 Å². The molecule has 0 unspecified atom stereocenters. The largest absolute Gasteiger partial charge is 0.313 e.